The molecule has 104 heavy (non-hydrogen) atoms. The zero-order valence-corrected chi connectivity index (χ0v) is 65.8. The zero-order valence-electron chi connectivity index (χ0n) is 64.2. The van der Waals surface area contributed by atoms with E-state index in [1.807, 2.05) is 182 Å². The number of rotatable bonds is 45. The predicted molar refractivity (Wildman–Crippen MR) is 423 cm³/mol. The molecule has 0 saturated heterocycles. The van der Waals surface area contributed by atoms with Gasteiger partial charge in [-0.3, -0.25) is 28.8 Å². The summed E-state index contributed by atoms with van der Waals surface area (Å²) in [6, 6.07) is 41.2. The molecule has 6 aromatic rings. The SMILES string of the molecule is CNCCN(C)CCCNCC(=O)OC(C(Cc1ccccc1)NC(=O)C(NC(=O)C(CSC(C)(C)C)Cc1cccc2ccccc12)C(C)C)C(OC(=O)CNCCCN(C)CCNC)C(Cc1ccccc1)NC(=O)C(NC(=O)C(Cc1cccc2ccccc12)CS(=O)(=O)C(C)(C)C)C(C)C. The summed E-state index contributed by atoms with van der Waals surface area (Å²) in [6.07, 6.45) is -1.38. The summed E-state index contributed by atoms with van der Waals surface area (Å²) in [5.74, 6) is -6.62. The summed E-state index contributed by atoms with van der Waals surface area (Å²) in [7, 11) is 3.92. The number of hydrogen-bond acceptors (Lipinski definition) is 17. The minimum Gasteiger partial charge on any atom is -0.455 e. The molecule has 0 saturated carbocycles. The van der Waals surface area contributed by atoms with Crippen LogP contribution in [0.2, 0.25) is 0 Å². The molecule has 0 bridgehead atoms. The lowest BCUT2D eigenvalue weighted by Gasteiger charge is -2.39. The highest BCUT2D eigenvalue weighted by atomic mass is 32.2. The number of nitrogens with zero attached hydrogens (tertiary/aromatic N) is 2. The van der Waals surface area contributed by atoms with Gasteiger partial charge in [0, 0.05) is 36.7 Å². The molecule has 22 heteroatoms. The number of sulfone groups is 1. The summed E-state index contributed by atoms with van der Waals surface area (Å²) in [6.45, 7) is 23.4. The van der Waals surface area contributed by atoms with Gasteiger partial charge in [-0.25, -0.2) is 8.42 Å². The van der Waals surface area contributed by atoms with Crippen molar-refractivity contribution in [3.8, 4) is 0 Å². The molecule has 20 nitrogen and oxygen atoms in total. The molecule has 8 atom stereocenters. The van der Waals surface area contributed by atoms with Crippen LogP contribution >= 0.6 is 11.8 Å². The maximum absolute atomic E-state index is 15.8. The van der Waals surface area contributed by atoms with Crippen LogP contribution in [0.4, 0.5) is 0 Å². The summed E-state index contributed by atoms with van der Waals surface area (Å²) >= 11 is 1.67. The molecule has 8 unspecified atom stereocenters. The Kier molecular flexibility index (Phi) is 35.2. The number of carbonyl (C=O) groups excluding carboxylic acids is 6. The molecule has 6 aromatic carbocycles. The van der Waals surface area contributed by atoms with Gasteiger partial charge in [-0.1, -0.05) is 194 Å². The average molecular weight is 1470 g/mol. The molecule has 0 spiro atoms. The van der Waals surface area contributed by atoms with Crippen LogP contribution in [0.3, 0.4) is 0 Å². The molecule has 0 aliphatic heterocycles. The molecule has 0 heterocycles. The van der Waals surface area contributed by atoms with E-state index in [0.29, 0.717) is 49.2 Å². The van der Waals surface area contributed by atoms with Gasteiger partial charge < -0.3 is 61.8 Å². The molecular formula is C82H120N10O10S2. The largest absolute Gasteiger partial charge is 0.455 e. The highest BCUT2D eigenvalue weighted by Crippen LogP contribution is 2.31. The first kappa shape index (κ1) is 85.6. The Morgan fingerprint density at radius 1 is 0.462 bits per heavy atom. The number of hydrogen-bond donors (Lipinski definition) is 8. The highest BCUT2D eigenvalue weighted by Gasteiger charge is 2.45. The quantitative estimate of drug-likeness (QED) is 0.0132. The zero-order chi connectivity index (χ0) is 76.0. The Labute approximate surface area is 624 Å². The lowest BCUT2D eigenvalue weighted by atomic mass is 9.89. The van der Waals surface area contributed by atoms with Gasteiger partial charge in [-0.15, -0.1) is 0 Å². The summed E-state index contributed by atoms with van der Waals surface area (Å²) in [4.78, 5) is 96.5. The number of nitrogens with one attached hydrogen (secondary N) is 8. The molecule has 4 amide bonds. The molecular weight excluding hydrogens is 1350 g/mol. The smallest absolute Gasteiger partial charge is 0.320 e. The molecule has 0 fully saturated rings. The van der Waals surface area contributed by atoms with Crippen LogP contribution in [0.1, 0.15) is 104 Å². The first-order valence-electron chi connectivity index (χ1n) is 37.0. The Hall–Kier alpha value is -7.28. The average Bonchev–Trinajstić information content (AvgIpc) is 0.811. The lowest BCUT2D eigenvalue weighted by molar-refractivity contribution is -0.173. The Balaban J connectivity index is 1.49. The molecule has 0 aliphatic rings. The molecule has 6 rings (SSSR count). The van der Waals surface area contributed by atoms with Gasteiger partial charge in [-0.05, 0) is 169 Å². The Bertz CT molecular complexity index is 3750. The van der Waals surface area contributed by atoms with Crippen molar-refractivity contribution in [1.82, 2.24) is 52.3 Å². The second-order valence-electron chi connectivity index (χ2n) is 30.2. The van der Waals surface area contributed by atoms with Gasteiger partial charge in [0.25, 0.3) is 0 Å². The van der Waals surface area contributed by atoms with E-state index in [1.54, 1.807) is 46.4 Å². The van der Waals surface area contributed by atoms with Crippen molar-refractivity contribution < 1.29 is 46.7 Å². The van der Waals surface area contributed by atoms with E-state index in [-0.39, 0.29) is 43.0 Å². The van der Waals surface area contributed by atoms with Crippen LogP contribution in [0.25, 0.3) is 21.5 Å². The third-order valence-electron chi connectivity index (χ3n) is 18.7. The molecule has 0 aromatic heterocycles. The van der Waals surface area contributed by atoms with E-state index < -0.39 is 110 Å². The first-order valence-corrected chi connectivity index (χ1v) is 39.7. The number of amides is 4. The summed E-state index contributed by atoms with van der Waals surface area (Å²) in [5.41, 5.74) is 3.16. The standard InChI is InChI=1S/C82H120N10O10S2/c1-57(2)73(89-77(95)65(55-103-81(5,6)7)51-63-37-25-35-61-33-21-23-39-67(61)63)79(97)87-69(49-59-29-17-15-18-30-59)75(101-71(93)53-85-41-27-45-91(13)47-43-83-11)76(102-72(94)54-86-42-28-46-92(14)48-44-84-12)70(50-60-31-19-16-20-32-60)88-80(98)74(58(3)4)90-78(96)66(56-104(99,100)82(8,9)10)52-64-38-26-36-62-34-22-24-40-68(62)64/h15-26,29-40,57-58,65-66,69-70,73-76,83-86H,27-28,41-56H2,1-14H3,(H,87,97)(H,88,98)(H,89,95)(H,90,96). The molecule has 570 valence electrons. The Morgan fingerprint density at radius 2 is 0.846 bits per heavy atom. The number of ether oxygens (including phenoxy) is 2. The van der Waals surface area contributed by atoms with Crippen molar-refractivity contribution in [2.75, 3.05) is 105 Å². The van der Waals surface area contributed by atoms with Crippen molar-refractivity contribution in [2.24, 2.45) is 23.7 Å². The highest BCUT2D eigenvalue weighted by molar-refractivity contribution is 8.00. The number of thioether (sulfide) groups is 1. The number of esters is 2. The van der Waals surface area contributed by atoms with Crippen LogP contribution < -0.4 is 42.5 Å². The van der Waals surface area contributed by atoms with E-state index in [9.17, 15) is 8.42 Å². The molecule has 8 N–H and O–H groups in total. The fourth-order valence-corrected chi connectivity index (χ4v) is 14.8. The van der Waals surface area contributed by atoms with Crippen LogP contribution in [0, 0.1) is 23.7 Å². The number of carbonyl (C=O) groups is 6. The van der Waals surface area contributed by atoms with Crippen molar-refractivity contribution >= 4 is 78.7 Å². The van der Waals surface area contributed by atoms with Crippen molar-refractivity contribution in [1.29, 1.82) is 0 Å². The van der Waals surface area contributed by atoms with Crippen LogP contribution in [0.15, 0.2) is 146 Å². The maximum Gasteiger partial charge on any atom is 0.320 e. The van der Waals surface area contributed by atoms with Gasteiger partial charge in [0.2, 0.25) is 23.6 Å². The number of fused-ring (bicyclic) bond motifs is 2. The normalized spacial score (nSPS) is 14.5. The van der Waals surface area contributed by atoms with Crippen LogP contribution in [0.5, 0.6) is 0 Å². The van der Waals surface area contributed by atoms with Crippen molar-refractivity contribution in [3.05, 3.63) is 168 Å². The van der Waals surface area contributed by atoms with E-state index in [4.69, 9.17) is 9.47 Å². The second kappa shape index (κ2) is 42.8. The monoisotopic (exact) mass is 1470 g/mol. The lowest BCUT2D eigenvalue weighted by Crippen LogP contribution is -2.64. The van der Waals surface area contributed by atoms with Gasteiger partial charge in [-0.2, -0.15) is 11.8 Å². The van der Waals surface area contributed by atoms with Crippen molar-refractivity contribution in [2.45, 2.75) is 154 Å². The third-order valence-corrected chi connectivity index (χ3v) is 22.9. The Morgan fingerprint density at radius 3 is 1.24 bits per heavy atom. The fraction of sp³-hybridized carbons (Fsp3) is 0.537. The minimum absolute atomic E-state index is 0.00120. The van der Waals surface area contributed by atoms with E-state index in [0.717, 1.165) is 71.9 Å². The predicted octanol–water partition coefficient (Wildman–Crippen LogP) is 8.58. The summed E-state index contributed by atoms with van der Waals surface area (Å²) < 4.78 is 40.7. The molecule has 0 aliphatic carbocycles. The van der Waals surface area contributed by atoms with Gasteiger partial charge in [0.15, 0.2) is 22.0 Å². The van der Waals surface area contributed by atoms with E-state index in [2.05, 4.69) is 79.2 Å². The van der Waals surface area contributed by atoms with E-state index in [1.165, 1.54) is 0 Å². The van der Waals surface area contributed by atoms with Crippen LogP contribution in [-0.2, 0) is 73.8 Å². The molecule has 0 radical (unpaired) electrons. The van der Waals surface area contributed by atoms with Gasteiger partial charge in [0.1, 0.15) is 12.1 Å². The summed E-state index contributed by atoms with van der Waals surface area (Å²) in [5, 5.41) is 29.4. The number of benzene rings is 6. The van der Waals surface area contributed by atoms with Crippen LogP contribution in [-0.4, -0.2) is 205 Å². The minimum atomic E-state index is -3.93. The van der Waals surface area contributed by atoms with E-state index >= 15 is 28.8 Å². The van der Waals surface area contributed by atoms with Gasteiger partial charge >= 0.3 is 11.9 Å². The topological polar surface area (TPSA) is 258 Å². The maximum atomic E-state index is 15.8. The first-order chi connectivity index (χ1) is 49.5. The third kappa shape index (κ3) is 28.5. The second-order valence-corrected chi connectivity index (χ2v) is 34.9. The van der Waals surface area contributed by atoms with Gasteiger partial charge in [0.05, 0.1) is 47.5 Å². The number of likely N-dealkylation sites (N-methyl/N-ethyl adjacent to an activating group) is 4. The fourth-order valence-electron chi connectivity index (χ4n) is 12.5. The van der Waals surface area contributed by atoms with Crippen molar-refractivity contribution in [3.63, 3.8) is 0 Å².